The van der Waals surface area contributed by atoms with E-state index in [1.54, 1.807) is 33.3 Å². The van der Waals surface area contributed by atoms with Crippen LogP contribution in [-0.2, 0) is 0 Å². The van der Waals surface area contributed by atoms with Gasteiger partial charge >= 0.3 is 5.69 Å². The summed E-state index contributed by atoms with van der Waals surface area (Å²) in [6.45, 7) is 1.98. The molecule has 2 N–H and O–H groups in total. The Morgan fingerprint density at radius 2 is 1.88 bits per heavy atom. The van der Waals surface area contributed by atoms with Gasteiger partial charge in [0.15, 0.2) is 27.5 Å². The van der Waals surface area contributed by atoms with Gasteiger partial charge in [0.25, 0.3) is 5.91 Å². The SMILES string of the molecule is CCOc1ccc(C(=O)NC(=S)Nc2nc(-c3ccc(OC)c(OC)c3)cs2)cc1[N+](=O)[O-]. The van der Waals surface area contributed by atoms with E-state index in [-0.39, 0.29) is 28.7 Å². The fourth-order valence-electron chi connectivity index (χ4n) is 2.84. The molecule has 0 aliphatic carbocycles. The van der Waals surface area contributed by atoms with E-state index in [9.17, 15) is 14.9 Å². The summed E-state index contributed by atoms with van der Waals surface area (Å²) >= 11 is 6.48. The van der Waals surface area contributed by atoms with E-state index in [2.05, 4.69) is 15.6 Å². The van der Waals surface area contributed by atoms with Gasteiger partial charge < -0.3 is 19.5 Å². The highest BCUT2D eigenvalue weighted by atomic mass is 32.1. The van der Waals surface area contributed by atoms with Gasteiger partial charge in [0, 0.05) is 22.6 Å². The van der Waals surface area contributed by atoms with Crippen LogP contribution in [0, 0.1) is 10.1 Å². The van der Waals surface area contributed by atoms with Crippen molar-refractivity contribution >= 4 is 45.4 Å². The summed E-state index contributed by atoms with van der Waals surface area (Å²) in [6, 6.07) is 9.37. The maximum Gasteiger partial charge on any atom is 0.311 e. The van der Waals surface area contributed by atoms with Crippen LogP contribution in [0.1, 0.15) is 17.3 Å². The highest BCUT2D eigenvalue weighted by molar-refractivity contribution is 7.80. The third-order valence-electron chi connectivity index (χ3n) is 4.35. The van der Waals surface area contributed by atoms with Crippen molar-refractivity contribution in [1.29, 1.82) is 0 Å². The number of ether oxygens (including phenoxy) is 3. The van der Waals surface area contributed by atoms with E-state index in [1.807, 2.05) is 11.4 Å². The van der Waals surface area contributed by atoms with Gasteiger partial charge in [-0.2, -0.15) is 0 Å². The molecular formula is C21H20N4O6S2. The van der Waals surface area contributed by atoms with Crippen LogP contribution >= 0.6 is 23.6 Å². The van der Waals surface area contributed by atoms with E-state index < -0.39 is 10.8 Å². The molecule has 0 aliphatic rings. The number of carbonyl (C=O) groups excluding carboxylic acids is 1. The van der Waals surface area contributed by atoms with Crippen LogP contribution in [0.25, 0.3) is 11.3 Å². The lowest BCUT2D eigenvalue weighted by Gasteiger charge is -2.09. The second-order valence-corrected chi connectivity index (χ2v) is 7.65. The summed E-state index contributed by atoms with van der Waals surface area (Å²) in [5.74, 6) is 0.665. The highest BCUT2D eigenvalue weighted by Gasteiger charge is 2.19. The van der Waals surface area contributed by atoms with Gasteiger partial charge in [-0.3, -0.25) is 20.2 Å². The van der Waals surface area contributed by atoms with Crippen molar-refractivity contribution in [2.24, 2.45) is 0 Å². The summed E-state index contributed by atoms with van der Waals surface area (Å²) in [5, 5.41) is 18.9. The maximum atomic E-state index is 12.5. The van der Waals surface area contributed by atoms with Crippen molar-refractivity contribution < 1.29 is 23.9 Å². The van der Waals surface area contributed by atoms with Gasteiger partial charge in [0.05, 0.1) is 31.4 Å². The summed E-state index contributed by atoms with van der Waals surface area (Å²) in [7, 11) is 3.11. The number of nitrogens with zero attached hydrogens (tertiary/aromatic N) is 2. The fraction of sp³-hybridized carbons (Fsp3) is 0.190. The van der Waals surface area contributed by atoms with Gasteiger partial charge in [-0.05, 0) is 49.5 Å². The van der Waals surface area contributed by atoms with Gasteiger partial charge in [-0.1, -0.05) is 0 Å². The Balaban J connectivity index is 1.68. The first kappa shape index (κ1) is 23.9. The summed E-state index contributed by atoms with van der Waals surface area (Å²) in [6.07, 6.45) is 0. The number of anilines is 1. The van der Waals surface area contributed by atoms with Crippen molar-refractivity contribution in [2.75, 3.05) is 26.1 Å². The number of hydrogen-bond donors (Lipinski definition) is 2. The molecule has 3 aromatic rings. The predicted octanol–water partition coefficient (Wildman–Crippen LogP) is 4.26. The average Bonchev–Trinajstić information content (AvgIpc) is 3.27. The van der Waals surface area contributed by atoms with Crippen molar-refractivity contribution in [2.45, 2.75) is 6.92 Å². The lowest BCUT2D eigenvalue weighted by Crippen LogP contribution is -2.34. The van der Waals surface area contributed by atoms with Crippen molar-refractivity contribution in [3.63, 3.8) is 0 Å². The molecule has 0 saturated heterocycles. The number of amides is 1. The predicted molar refractivity (Wildman–Crippen MR) is 129 cm³/mol. The monoisotopic (exact) mass is 488 g/mol. The first-order chi connectivity index (χ1) is 15.9. The number of nitro groups is 1. The fourth-order valence-corrected chi connectivity index (χ4v) is 3.82. The zero-order chi connectivity index (χ0) is 24.0. The second kappa shape index (κ2) is 10.7. The lowest BCUT2D eigenvalue weighted by atomic mass is 10.1. The second-order valence-electron chi connectivity index (χ2n) is 6.39. The van der Waals surface area contributed by atoms with Crippen LogP contribution in [0.3, 0.4) is 0 Å². The molecule has 2 aromatic carbocycles. The number of thiocarbonyl (C=S) groups is 1. The lowest BCUT2D eigenvalue weighted by molar-refractivity contribution is -0.385. The van der Waals surface area contributed by atoms with E-state index in [0.717, 1.165) is 11.6 Å². The van der Waals surface area contributed by atoms with E-state index >= 15 is 0 Å². The van der Waals surface area contributed by atoms with Gasteiger partial charge in [0.1, 0.15) is 0 Å². The first-order valence-electron chi connectivity index (χ1n) is 9.57. The molecule has 1 aromatic heterocycles. The normalized spacial score (nSPS) is 10.3. The largest absolute Gasteiger partial charge is 0.493 e. The Morgan fingerprint density at radius 1 is 1.15 bits per heavy atom. The number of benzene rings is 2. The molecule has 0 fully saturated rings. The third-order valence-corrected chi connectivity index (χ3v) is 5.31. The topological polar surface area (TPSA) is 125 Å². The molecule has 0 saturated carbocycles. The molecule has 0 aliphatic heterocycles. The number of nitrogens with one attached hydrogen (secondary N) is 2. The van der Waals surface area contributed by atoms with E-state index in [0.29, 0.717) is 22.3 Å². The minimum absolute atomic E-state index is 0.00440. The number of hydrogen-bond acceptors (Lipinski definition) is 9. The smallest absolute Gasteiger partial charge is 0.311 e. The molecule has 1 heterocycles. The van der Waals surface area contributed by atoms with Crippen LogP contribution in [-0.4, -0.2) is 41.8 Å². The van der Waals surface area contributed by atoms with Gasteiger partial charge in [-0.15, -0.1) is 11.3 Å². The number of carbonyl (C=O) groups is 1. The van der Waals surface area contributed by atoms with Crippen LogP contribution in [0.5, 0.6) is 17.2 Å². The Labute approximate surface area is 198 Å². The average molecular weight is 489 g/mol. The van der Waals surface area contributed by atoms with Crippen LogP contribution < -0.4 is 24.8 Å². The van der Waals surface area contributed by atoms with E-state index in [4.69, 9.17) is 26.4 Å². The van der Waals surface area contributed by atoms with Crippen LogP contribution in [0.4, 0.5) is 10.8 Å². The number of rotatable bonds is 8. The zero-order valence-corrected chi connectivity index (χ0v) is 19.5. The number of thiazole rings is 1. The van der Waals surface area contributed by atoms with Crippen molar-refractivity contribution in [3.8, 4) is 28.5 Å². The van der Waals surface area contributed by atoms with Crippen LogP contribution in [0.2, 0.25) is 0 Å². The van der Waals surface area contributed by atoms with E-state index in [1.165, 1.54) is 23.5 Å². The molecule has 0 spiro atoms. The molecule has 0 radical (unpaired) electrons. The first-order valence-corrected chi connectivity index (χ1v) is 10.9. The standard InChI is InChI=1S/C21H20N4O6S2/c1-4-31-16-7-6-13(9-15(16)25(27)28)19(26)23-20(32)24-21-22-14(11-33-21)12-5-8-17(29-2)18(10-12)30-3/h5-11H,4H2,1-3H3,(H2,22,23,24,26,32). The molecule has 0 atom stereocenters. The summed E-state index contributed by atoms with van der Waals surface area (Å²) < 4.78 is 15.8. The molecule has 0 unspecified atom stereocenters. The maximum absolute atomic E-state index is 12.5. The summed E-state index contributed by atoms with van der Waals surface area (Å²) in [4.78, 5) is 27.6. The zero-order valence-electron chi connectivity index (χ0n) is 17.9. The number of nitro benzene ring substituents is 1. The Kier molecular flexibility index (Phi) is 7.74. The molecule has 10 nitrogen and oxygen atoms in total. The highest BCUT2D eigenvalue weighted by Crippen LogP contribution is 2.33. The van der Waals surface area contributed by atoms with Crippen molar-refractivity contribution in [3.05, 3.63) is 57.5 Å². The number of aromatic nitrogens is 1. The van der Waals surface area contributed by atoms with Crippen LogP contribution in [0.15, 0.2) is 41.8 Å². The quantitative estimate of drug-likeness (QED) is 0.272. The number of methoxy groups -OCH3 is 2. The molecule has 172 valence electrons. The third kappa shape index (κ3) is 5.73. The van der Waals surface area contributed by atoms with Crippen molar-refractivity contribution in [1.82, 2.24) is 10.3 Å². The van der Waals surface area contributed by atoms with Gasteiger partial charge in [-0.25, -0.2) is 4.98 Å². The molecule has 3 rings (SSSR count). The molecular weight excluding hydrogens is 468 g/mol. The minimum atomic E-state index is -0.608. The Bertz CT molecular complexity index is 1200. The molecule has 1 amide bonds. The molecule has 12 heteroatoms. The Morgan fingerprint density at radius 3 is 2.55 bits per heavy atom. The molecule has 33 heavy (non-hydrogen) atoms. The van der Waals surface area contributed by atoms with Gasteiger partial charge in [0.2, 0.25) is 0 Å². The molecule has 0 bridgehead atoms. The summed E-state index contributed by atoms with van der Waals surface area (Å²) in [5.41, 5.74) is 1.26. The Hall–Kier alpha value is -3.77. The minimum Gasteiger partial charge on any atom is -0.493 e.